The van der Waals surface area contributed by atoms with Gasteiger partial charge in [-0.2, -0.15) is 26.3 Å². The number of alkyl halides is 6. The predicted molar refractivity (Wildman–Crippen MR) is 101 cm³/mol. The van der Waals surface area contributed by atoms with Gasteiger partial charge in [-0.25, -0.2) is 80.6 Å². The summed E-state index contributed by atoms with van der Waals surface area (Å²) in [5.74, 6) is -53.9. The zero-order chi connectivity index (χ0) is 34.6. The first kappa shape index (κ1) is 33.5. The van der Waals surface area contributed by atoms with E-state index >= 15 is 26.3 Å². The molecule has 4 rings (SSSR count). The largest absolute Gasteiger partial charge is 0.426 e. The van der Waals surface area contributed by atoms with E-state index in [1.54, 1.807) is 0 Å². The van der Waals surface area contributed by atoms with Crippen LogP contribution >= 0.6 is 0 Å². The highest BCUT2D eigenvalue weighted by Gasteiger charge is 2.77. The van der Waals surface area contributed by atoms with Gasteiger partial charge in [0, 0.05) is 0 Å². The minimum Gasteiger partial charge on any atom is -0.208 e. The first-order chi connectivity index (χ1) is 20.4. The van der Waals surface area contributed by atoms with Crippen molar-refractivity contribution in [1.29, 1.82) is 0 Å². The Morgan fingerprint density at radius 1 is 0.222 bits per heavy atom. The second-order valence-corrected chi connectivity index (χ2v) is 8.29. The lowest BCUT2D eigenvalue weighted by Gasteiger charge is -2.56. The fourth-order valence-electron chi connectivity index (χ4n) is 3.96. The molecule has 0 N–H and O–H groups in total. The first-order valence-electron chi connectivity index (χ1n) is 10.5. The van der Waals surface area contributed by atoms with Gasteiger partial charge in [-0.05, 0) is 0 Å². The van der Waals surface area contributed by atoms with Crippen LogP contribution in [0.1, 0.15) is 0 Å². The van der Waals surface area contributed by atoms with Crippen molar-refractivity contribution in [3.8, 4) is 0 Å². The normalized spacial score (nSPS) is 17.4. The fourth-order valence-corrected chi connectivity index (χ4v) is 3.96. The highest BCUT2D eigenvalue weighted by Crippen LogP contribution is 2.57. The Kier molecular flexibility index (Phi) is 7.48. The van der Waals surface area contributed by atoms with E-state index < -0.39 is 138 Å². The fraction of sp³-hybridized carbons (Fsp3) is 0.143. The number of benzene rings is 3. The lowest BCUT2D eigenvalue weighted by atomic mass is 10.1. The Morgan fingerprint density at radius 3 is 0.467 bits per heavy atom. The van der Waals surface area contributed by atoms with Crippen molar-refractivity contribution in [2.45, 2.75) is 18.5 Å². The van der Waals surface area contributed by atoms with Crippen molar-refractivity contribution in [1.82, 2.24) is 0 Å². The van der Waals surface area contributed by atoms with Crippen LogP contribution in [0, 0.1) is 87.3 Å². The van der Waals surface area contributed by atoms with Gasteiger partial charge < -0.3 is 0 Å². The summed E-state index contributed by atoms with van der Waals surface area (Å²) in [4.78, 5) is -9.32. The highest BCUT2D eigenvalue weighted by atomic mass is 19.3. The standard InChI is InChI=1S/C21F21N3/c22-1-4(25)10(31)16(11(32)5(1)26)43-19(37,38)44(17-12(33)6(27)2(23)7(28)13(17)34)21(41,42)45(20(43,39)40)18-14(35)8(29)3(24)9(30)15(18)36. The van der Waals surface area contributed by atoms with Crippen molar-refractivity contribution in [3.63, 3.8) is 0 Å². The third kappa shape index (κ3) is 4.19. The predicted octanol–water partition coefficient (Wildman–Crippen LogP) is 8.26. The molecule has 0 amide bonds. The van der Waals surface area contributed by atoms with Gasteiger partial charge in [-0.3, -0.25) is 0 Å². The molecule has 0 spiro atoms. The smallest absolute Gasteiger partial charge is 0.208 e. The highest BCUT2D eigenvalue weighted by molar-refractivity contribution is 5.67. The zero-order valence-electron chi connectivity index (χ0n) is 19.8. The SMILES string of the molecule is Fc1c(F)c(F)c(N2C(F)(F)N(c3c(F)c(F)c(F)c(F)c3F)C(F)(F)N(c3c(F)c(F)c(F)c(F)c3F)C2(F)F)c(F)c1F. The van der Waals surface area contributed by atoms with Crippen LogP contribution in [0.5, 0.6) is 0 Å². The first-order valence-corrected chi connectivity index (χ1v) is 10.5. The van der Waals surface area contributed by atoms with Gasteiger partial charge in [0.15, 0.2) is 69.8 Å². The van der Waals surface area contributed by atoms with E-state index in [0.717, 1.165) is 0 Å². The van der Waals surface area contributed by atoms with Gasteiger partial charge in [-0.1, -0.05) is 0 Å². The van der Waals surface area contributed by atoms with E-state index in [2.05, 4.69) is 0 Å². The monoisotopic (exact) mass is 693 g/mol. The maximum atomic E-state index is 15.6. The van der Waals surface area contributed by atoms with Crippen molar-refractivity contribution in [2.24, 2.45) is 0 Å². The summed E-state index contributed by atoms with van der Waals surface area (Å²) in [7, 11) is 0. The molecule has 0 unspecified atom stereocenters. The molecule has 0 aromatic heterocycles. The number of hydrogen-bond donors (Lipinski definition) is 0. The Hall–Kier alpha value is -4.41. The van der Waals surface area contributed by atoms with Gasteiger partial charge in [0.1, 0.15) is 17.1 Å². The van der Waals surface area contributed by atoms with E-state index in [9.17, 15) is 65.9 Å². The Morgan fingerprint density at radius 2 is 0.333 bits per heavy atom. The van der Waals surface area contributed by atoms with Crippen molar-refractivity contribution < 1.29 is 92.2 Å². The molecular formula is C21F21N3. The minimum absolute atomic E-state index is 3.11. The number of nitrogens with zero attached hydrogens (tertiary/aromatic N) is 3. The summed E-state index contributed by atoms with van der Waals surface area (Å²) in [6.07, 6.45) is -21.8. The van der Waals surface area contributed by atoms with Crippen LogP contribution in [0.25, 0.3) is 0 Å². The second-order valence-electron chi connectivity index (χ2n) is 8.29. The molecule has 1 heterocycles. The quantitative estimate of drug-likeness (QED) is 0.119. The molecule has 0 bridgehead atoms. The van der Waals surface area contributed by atoms with Gasteiger partial charge in [0.05, 0.1) is 0 Å². The number of halogens is 21. The summed E-state index contributed by atoms with van der Waals surface area (Å²) in [6.45, 7) is 0. The molecule has 45 heavy (non-hydrogen) atoms. The summed E-state index contributed by atoms with van der Waals surface area (Å²) >= 11 is 0. The molecule has 246 valence electrons. The van der Waals surface area contributed by atoms with Crippen molar-refractivity contribution >= 4 is 17.1 Å². The molecule has 0 aliphatic carbocycles. The minimum atomic E-state index is -7.26. The third-order valence-corrected chi connectivity index (χ3v) is 5.84. The molecule has 3 aromatic carbocycles. The summed E-state index contributed by atoms with van der Waals surface area (Å²) < 4.78 is 304. The Balaban J connectivity index is 2.30. The van der Waals surface area contributed by atoms with Crippen LogP contribution in [0.3, 0.4) is 0 Å². The topological polar surface area (TPSA) is 9.72 Å². The molecule has 1 aliphatic heterocycles. The van der Waals surface area contributed by atoms with Crippen LogP contribution in [0.4, 0.5) is 109 Å². The molecular weight excluding hydrogens is 693 g/mol. The molecule has 0 saturated carbocycles. The van der Waals surface area contributed by atoms with Gasteiger partial charge in [0.25, 0.3) is 0 Å². The van der Waals surface area contributed by atoms with E-state index in [0.29, 0.717) is 0 Å². The van der Waals surface area contributed by atoms with E-state index in [-0.39, 0.29) is 0 Å². The zero-order valence-corrected chi connectivity index (χ0v) is 19.8. The third-order valence-electron chi connectivity index (χ3n) is 5.84. The molecule has 1 aliphatic rings. The van der Waals surface area contributed by atoms with Crippen LogP contribution in [-0.2, 0) is 0 Å². The van der Waals surface area contributed by atoms with Crippen LogP contribution in [-0.4, -0.2) is 18.5 Å². The van der Waals surface area contributed by atoms with Gasteiger partial charge in [0.2, 0.25) is 17.5 Å². The number of anilines is 3. The molecule has 24 heteroatoms. The molecule has 0 radical (unpaired) electrons. The molecule has 3 nitrogen and oxygen atoms in total. The summed E-state index contributed by atoms with van der Waals surface area (Å²) in [6, 6.07) is 0. The van der Waals surface area contributed by atoms with Crippen LogP contribution in [0.15, 0.2) is 0 Å². The average molecular weight is 693 g/mol. The Bertz CT molecular complexity index is 1460. The van der Waals surface area contributed by atoms with E-state index in [1.807, 2.05) is 0 Å². The van der Waals surface area contributed by atoms with Crippen molar-refractivity contribution in [2.75, 3.05) is 14.7 Å². The summed E-state index contributed by atoms with van der Waals surface area (Å²) in [5, 5.41) is 0. The van der Waals surface area contributed by atoms with Gasteiger partial charge in [-0.15, -0.1) is 0 Å². The second kappa shape index (κ2) is 10.1. The van der Waals surface area contributed by atoms with E-state index in [1.165, 1.54) is 0 Å². The van der Waals surface area contributed by atoms with Crippen LogP contribution < -0.4 is 14.7 Å². The van der Waals surface area contributed by atoms with Crippen LogP contribution in [0.2, 0.25) is 0 Å². The summed E-state index contributed by atoms with van der Waals surface area (Å²) in [5.41, 5.74) is -11.4. The maximum Gasteiger partial charge on any atom is 0.426 e. The lowest BCUT2D eigenvalue weighted by molar-refractivity contribution is -0.217. The molecule has 1 fully saturated rings. The van der Waals surface area contributed by atoms with Crippen molar-refractivity contribution in [3.05, 3.63) is 87.3 Å². The van der Waals surface area contributed by atoms with E-state index in [4.69, 9.17) is 0 Å². The average Bonchev–Trinajstić information content (AvgIpc) is 2.95. The number of rotatable bonds is 3. The Labute approximate surface area is 230 Å². The molecule has 1 saturated heterocycles. The number of hydrogen-bond acceptors (Lipinski definition) is 3. The molecule has 0 atom stereocenters. The lowest BCUT2D eigenvalue weighted by Crippen LogP contribution is -2.82. The maximum absolute atomic E-state index is 15.6. The van der Waals surface area contributed by atoms with Gasteiger partial charge >= 0.3 is 18.5 Å². The molecule has 3 aromatic rings.